The van der Waals surface area contributed by atoms with Crippen molar-refractivity contribution in [2.45, 2.75) is 0 Å². The van der Waals surface area contributed by atoms with Crippen LogP contribution >= 0.6 is 46.4 Å². The van der Waals surface area contributed by atoms with Crippen LogP contribution in [0.5, 0.6) is 5.75 Å². The van der Waals surface area contributed by atoms with E-state index in [4.69, 9.17) is 51.1 Å². The van der Waals surface area contributed by atoms with Crippen LogP contribution in [0.3, 0.4) is 0 Å². The molecule has 178 valence electrons. The van der Waals surface area contributed by atoms with Gasteiger partial charge in [-0.15, -0.1) is 0 Å². The Kier molecular flexibility index (Phi) is 7.23. The van der Waals surface area contributed by atoms with Gasteiger partial charge in [0, 0.05) is 22.0 Å². The van der Waals surface area contributed by atoms with Crippen LogP contribution in [0.4, 0.5) is 17.1 Å². The van der Waals surface area contributed by atoms with Gasteiger partial charge < -0.3 is 15.4 Å². The first-order valence-corrected chi connectivity index (χ1v) is 11.5. The molecule has 7 nitrogen and oxygen atoms in total. The van der Waals surface area contributed by atoms with Crippen molar-refractivity contribution in [1.82, 2.24) is 0 Å². The fourth-order valence-electron chi connectivity index (χ4n) is 3.33. The first kappa shape index (κ1) is 24.9. The zero-order chi connectivity index (χ0) is 25.3. The van der Waals surface area contributed by atoms with E-state index in [1.165, 1.54) is 31.4 Å². The minimum Gasteiger partial charge on any atom is -0.495 e. The normalized spacial score (nSPS) is 13.3. The Hall–Kier alpha value is -3.23. The van der Waals surface area contributed by atoms with E-state index in [0.29, 0.717) is 26.4 Å². The summed E-state index contributed by atoms with van der Waals surface area (Å²) >= 11 is 24.2. The lowest BCUT2D eigenvalue weighted by molar-refractivity contribution is -0.120. The first-order valence-electron chi connectivity index (χ1n) is 9.95. The molecule has 0 radical (unpaired) electrons. The van der Waals surface area contributed by atoms with Crippen LogP contribution in [0.2, 0.25) is 15.1 Å². The summed E-state index contributed by atoms with van der Waals surface area (Å²) in [6, 6.07) is 15.5. The maximum atomic E-state index is 13.1. The number of imide groups is 1. The van der Waals surface area contributed by atoms with Gasteiger partial charge in [0.25, 0.3) is 17.7 Å². The van der Waals surface area contributed by atoms with Crippen LogP contribution in [-0.2, 0) is 9.59 Å². The SMILES string of the molecule is COc1ccc(Cl)cc1N1C(=O)C(Cl)=C(Nc2cccc(C(=O)Nc3ccc(Cl)c(Cl)c3)c2)C1=O. The molecule has 0 bridgehead atoms. The summed E-state index contributed by atoms with van der Waals surface area (Å²) in [5.41, 5.74) is 1.10. The van der Waals surface area contributed by atoms with Crippen LogP contribution in [0.15, 0.2) is 71.4 Å². The molecule has 0 fully saturated rings. The molecule has 3 aromatic rings. The maximum absolute atomic E-state index is 13.1. The Morgan fingerprint density at radius 3 is 2.34 bits per heavy atom. The van der Waals surface area contributed by atoms with Gasteiger partial charge in [0.15, 0.2) is 0 Å². The highest BCUT2D eigenvalue weighted by molar-refractivity contribution is 6.53. The summed E-state index contributed by atoms with van der Waals surface area (Å²) in [4.78, 5) is 39.5. The highest BCUT2D eigenvalue weighted by atomic mass is 35.5. The highest BCUT2D eigenvalue weighted by Crippen LogP contribution is 2.37. The summed E-state index contributed by atoms with van der Waals surface area (Å²) < 4.78 is 5.26. The number of rotatable bonds is 6. The molecule has 11 heteroatoms. The average Bonchev–Trinajstić information content (AvgIpc) is 3.04. The molecule has 0 aliphatic carbocycles. The Labute approximate surface area is 220 Å². The predicted molar refractivity (Wildman–Crippen MR) is 138 cm³/mol. The molecule has 2 N–H and O–H groups in total. The zero-order valence-corrected chi connectivity index (χ0v) is 20.9. The molecule has 1 aliphatic rings. The Morgan fingerprint density at radius 2 is 1.63 bits per heavy atom. The fourth-order valence-corrected chi connectivity index (χ4v) is 4.00. The summed E-state index contributed by atoms with van der Waals surface area (Å²) in [6.45, 7) is 0. The summed E-state index contributed by atoms with van der Waals surface area (Å²) in [6.07, 6.45) is 0. The fraction of sp³-hybridized carbons (Fsp3) is 0.0417. The first-order chi connectivity index (χ1) is 16.7. The molecule has 0 spiro atoms. The Morgan fingerprint density at radius 1 is 0.857 bits per heavy atom. The van der Waals surface area contributed by atoms with Crippen molar-refractivity contribution < 1.29 is 19.1 Å². The van der Waals surface area contributed by atoms with Gasteiger partial charge in [0.1, 0.15) is 16.5 Å². The third kappa shape index (κ3) is 5.09. The van der Waals surface area contributed by atoms with E-state index in [2.05, 4.69) is 10.6 Å². The minimum atomic E-state index is -0.742. The summed E-state index contributed by atoms with van der Waals surface area (Å²) in [5, 5.41) is 6.20. The van der Waals surface area contributed by atoms with Crippen molar-refractivity contribution in [3.05, 3.63) is 92.0 Å². The molecule has 1 heterocycles. The van der Waals surface area contributed by atoms with Crippen molar-refractivity contribution >= 4 is 81.2 Å². The van der Waals surface area contributed by atoms with Crippen LogP contribution < -0.4 is 20.3 Å². The Bertz CT molecular complexity index is 1410. The van der Waals surface area contributed by atoms with Gasteiger partial charge in [0.05, 0.1) is 22.8 Å². The molecular weight excluding hydrogens is 536 g/mol. The third-order valence-electron chi connectivity index (χ3n) is 4.98. The molecule has 0 atom stereocenters. The van der Waals surface area contributed by atoms with Crippen molar-refractivity contribution in [2.24, 2.45) is 0 Å². The number of anilines is 3. The van der Waals surface area contributed by atoms with Gasteiger partial charge in [-0.3, -0.25) is 14.4 Å². The molecule has 0 saturated carbocycles. The second-order valence-electron chi connectivity index (χ2n) is 7.24. The Balaban J connectivity index is 1.56. The van der Waals surface area contributed by atoms with Gasteiger partial charge >= 0.3 is 0 Å². The lowest BCUT2D eigenvalue weighted by Gasteiger charge is -2.18. The highest BCUT2D eigenvalue weighted by Gasteiger charge is 2.40. The zero-order valence-electron chi connectivity index (χ0n) is 17.9. The van der Waals surface area contributed by atoms with Gasteiger partial charge in [-0.25, -0.2) is 4.90 Å². The summed E-state index contributed by atoms with van der Waals surface area (Å²) in [5.74, 6) is -1.60. The largest absolute Gasteiger partial charge is 0.495 e. The number of methoxy groups -OCH3 is 1. The van der Waals surface area contributed by atoms with Gasteiger partial charge in [0.2, 0.25) is 0 Å². The van der Waals surface area contributed by atoms with E-state index < -0.39 is 17.7 Å². The van der Waals surface area contributed by atoms with Crippen LogP contribution in [0, 0.1) is 0 Å². The van der Waals surface area contributed by atoms with Crippen LogP contribution in [0.1, 0.15) is 10.4 Å². The molecule has 1 aliphatic heterocycles. The van der Waals surface area contributed by atoms with Crippen molar-refractivity contribution in [2.75, 3.05) is 22.6 Å². The molecule has 35 heavy (non-hydrogen) atoms. The molecule has 4 rings (SSSR count). The molecule has 3 aromatic carbocycles. The maximum Gasteiger partial charge on any atom is 0.283 e. The number of hydrogen-bond acceptors (Lipinski definition) is 5. The molecule has 3 amide bonds. The minimum absolute atomic E-state index is 0.152. The van der Waals surface area contributed by atoms with E-state index in [0.717, 1.165) is 4.90 Å². The van der Waals surface area contributed by atoms with E-state index in [1.807, 2.05) is 0 Å². The van der Waals surface area contributed by atoms with Gasteiger partial charge in [-0.05, 0) is 54.6 Å². The van der Waals surface area contributed by atoms with E-state index in [9.17, 15) is 14.4 Å². The predicted octanol–water partition coefficient (Wildman–Crippen LogP) is 6.34. The number of ether oxygens (including phenoxy) is 1. The molecule has 0 unspecified atom stereocenters. The van der Waals surface area contributed by atoms with Crippen LogP contribution in [0.25, 0.3) is 0 Å². The lowest BCUT2D eigenvalue weighted by atomic mass is 10.1. The standard InChI is InChI=1S/C24H15Cl4N3O4/c1-35-19-8-5-13(25)10-18(19)31-23(33)20(28)21(24(31)34)29-14-4-2-3-12(9-14)22(32)30-15-6-7-16(26)17(27)11-15/h2-11,29H,1H3,(H,30,32). The third-order valence-corrected chi connectivity index (χ3v) is 6.31. The van der Waals surface area contributed by atoms with Gasteiger partial charge in [-0.1, -0.05) is 52.5 Å². The monoisotopic (exact) mass is 549 g/mol. The van der Waals surface area contributed by atoms with Crippen molar-refractivity contribution in [3.8, 4) is 5.75 Å². The second-order valence-corrected chi connectivity index (χ2v) is 8.87. The topological polar surface area (TPSA) is 87.7 Å². The van der Waals surface area contributed by atoms with Crippen molar-refractivity contribution in [3.63, 3.8) is 0 Å². The van der Waals surface area contributed by atoms with Gasteiger partial charge in [-0.2, -0.15) is 0 Å². The van der Waals surface area contributed by atoms with Crippen molar-refractivity contribution in [1.29, 1.82) is 0 Å². The molecule has 0 aromatic heterocycles. The molecule has 0 saturated heterocycles. The lowest BCUT2D eigenvalue weighted by Crippen LogP contribution is -2.32. The number of nitrogens with one attached hydrogen (secondary N) is 2. The van der Waals surface area contributed by atoms with Crippen LogP contribution in [-0.4, -0.2) is 24.8 Å². The quantitative estimate of drug-likeness (QED) is 0.349. The van der Waals surface area contributed by atoms with E-state index >= 15 is 0 Å². The second kappa shape index (κ2) is 10.2. The number of benzene rings is 3. The van der Waals surface area contributed by atoms with E-state index in [-0.39, 0.29) is 27.7 Å². The summed E-state index contributed by atoms with van der Waals surface area (Å²) in [7, 11) is 1.40. The molecular formula is C24H15Cl4N3O4. The number of carbonyl (C=O) groups is 3. The van der Waals surface area contributed by atoms with E-state index in [1.54, 1.807) is 36.4 Å². The number of halogens is 4. The smallest absolute Gasteiger partial charge is 0.283 e. The number of nitrogens with zero attached hydrogens (tertiary/aromatic N) is 1. The average molecular weight is 551 g/mol. The number of hydrogen-bond donors (Lipinski definition) is 2. The number of carbonyl (C=O) groups excluding carboxylic acids is 3. The number of amides is 3.